The zero-order valence-corrected chi connectivity index (χ0v) is 5.20. The van der Waals surface area contributed by atoms with E-state index in [0.29, 0.717) is 12.0 Å². The normalized spacial score (nSPS) is 38.2. The molecule has 0 aromatic rings. The van der Waals surface area contributed by atoms with Crippen molar-refractivity contribution in [2.24, 2.45) is 11.0 Å². The summed E-state index contributed by atoms with van der Waals surface area (Å²) in [6.45, 7) is 0. The van der Waals surface area contributed by atoms with E-state index < -0.39 is 0 Å². The summed E-state index contributed by atoms with van der Waals surface area (Å²) in [7, 11) is 0. The molecule has 2 atom stereocenters. The molecule has 2 unspecified atom stereocenters. The first-order valence-electron chi connectivity index (χ1n) is 3.35. The van der Waals surface area contributed by atoms with Crippen molar-refractivity contribution in [3.8, 4) is 0 Å². The molecule has 0 spiro atoms. The molecule has 0 fully saturated rings. The van der Waals surface area contributed by atoms with E-state index in [1.165, 1.54) is 0 Å². The zero-order valence-electron chi connectivity index (χ0n) is 5.20. The number of rotatable bonds is 0. The van der Waals surface area contributed by atoms with Crippen LogP contribution in [0.4, 0.5) is 0 Å². The molecular formula is C7H9N2. The Hall–Kier alpha value is -0.790. The van der Waals surface area contributed by atoms with Gasteiger partial charge in [0.05, 0.1) is 6.04 Å². The van der Waals surface area contributed by atoms with Crippen LogP contribution in [0, 0.1) is 5.92 Å². The zero-order chi connectivity index (χ0) is 6.10. The maximum Gasteiger partial charge on any atom is 0.0827 e. The van der Waals surface area contributed by atoms with E-state index >= 15 is 0 Å². The summed E-state index contributed by atoms with van der Waals surface area (Å²) in [5.41, 5.74) is 4.08. The van der Waals surface area contributed by atoms with Crippen LogP contribution in [0.25, 0.3) is 0 Å². The number of fused-ring (bicyclic) bond motifs is 1. The van der Waals surface area contributed by atoms with Crippen molar-refractivity contribution in [2.75, 3.05) is 0 Å². The van der Waals surface area contributed by atoms with Gasteiger partial charge in [-0.1, -0.05) is 12.2 Å². The van der Waals surface area contributed by atoms with Crippen molar-refractivity contribution in [3.05, 3.63) is 12.2 Å². The van der Waals surface area contributed by atoms with Crippen molar-refractivity contribution in [1.82, 2.24) is 5.43 Å². The van der Waals surface area contributed by atoms with E-state index in [1.807, 2.05) is 6.21 Å². The van der Waals surface area contributed by atoms with Crippen LogP contribution in [0.3, 0.4) is 0 Å². The van der Waals surface area contributed by atoms with Gasteiger partial charge in [0.15, 0.2) is 0 Å². The predicted octanol–water partition coefficient (Wildman–Crippen LogP) is 0.925. The monoisotopic (exact) mass is 121 g/mol. The van der Waals surface area contributed by atoms with Crippen molar-refractivity contribution in [3.63, 3.8) is 0 Å². The van der Waals surface area contributed by atoms with Gasteiger partial charge in [-0.25, -0.2) is 0 Å². The van der Waals surface area contributed by atoms with Gasteiger partial charge in [0.25, 0.3) is 0 Å². The lowest BCUT2D eigenvalue weighted by atomic mass is 9.92. The largest absolute Gasteiger partial charge is 0.185 e. The quantitative estimate of drug-likeness (QED) is 0.426. The number of allylic oxidation sites excluding steroid dienone is 1. The molecule has 0 saturated carbocycles. The maximum atomic E-state index is 4.08. The van der Waals surface area contributed by atoms with Gasteiger partial charge in [-0.2, -0.15) is 10.5 Å². The highest BCUT2D eigenvalue weighted by Gasteiger charge is 2.25. The van der Waals surface area contributed by atoms with E-state index in [-0.39, 0.29) is 0 Å². The number of hydrogen-bond acceptors (Lipinski definition) is 1. The standard InChI is InChI=1S/C7H9N2/c1-2-4-7-6(3-1)5-8-9-7/h1-2,5-7H,3-4H2. The first-order valence-corrected chi connectivity index (χ1v) is 3.35. The molecule has 2 rings (SSSR count). The molecule has 47 valence electrons. The molecule has 1 aliphatic carbocycles. The van der Waals surface area contributed by atoms with Gasteiger partial charge in [0, 0.05) is 12.1 Å². The molecule has 9 heavy (non-hydrogen) atoms. The van der Waals surface area contributed by atoms with Gasteiger partial charge < -0.3 is 0 Å². The number of hydrogen-bond donors (Lipinski definition) is 0. The lowest BCUT2D eigenvalue weighted by Crippen LogP contribution is -2.24. The molecule has 0 aromatic carbocycles. The Balaban J connectivity index is 2.13. The van der Waals surface area contributed by atoms with Crippen molar-refractivity contribution in [1.29, 1.82) is 0 Å². The Morgan fingerprint density at radius 1 is 1.22 bits per heavy atom. The van der Waals surface area contributed by atoms with Crippen LogP contribution in [0.15, 0.2) is 17.3 Å². The van der Waals surface area contributed by atoms with Gasteiger partial charge in [0.1, 0.15) is 0 Å². The third kappa shape index (κ3) is 0.745. The van der Waals surface area contributed by atoms with Gasteiger partial charge in [-0.05, 0) is 12.8 Å². The Kier molecular flexibility index (Phi) is 1.04. The smallest absolute Gasteiger partial charge is 0.0827 e. The second-order valence-corrected chi connectivity index (χ2v) is 2.55. The molecule has 2 heteroatoms. The van der Waals surface area contributed by atoms with Crippen LogP contribution in [-0.2, 0) is 0 Å². The molecule has 2 nitrogen and oxygen atoms in total. The molecule has 1 radical (unpaired) electrons. The van der Waals surface area contributed by atoms with Gasteiger partial charge >= 0.3 is 0 Å². The Morgan fingerprint density at radius 2 is 2.11 bits per heavy atom. The second kappa shape index (κ2) is 1.87. The molecule has 0 bridgehead atoms. The minimum Gasteiger partial charge on any atom is -0.185 e. The van der Waals surface area contributed by atoms with Gasteiger partial charge in [0.2, 0.25) is 0 Å². The molecule has 0 N–H and O–H groups in total. The van der Waals surface area contributed by atoms with Crippen LogP contribution in [-0.4, -0.2) is 12.3 Å². The Labute approximate surface area is 54.6 Å². The first kappa shape index (κ1) is 5.03. The lowest BCUT2D eigenvalue weighted by molar-refractivity contribution is 0.462. The van der Waals surface area contributed by atoms with Crippen LogP contribution in [0.1, 0.15) is 12.8 Å². The summed E-state index contributed by atoms with van der Waals surface area (Å²) in [6.07, 6.45) is 8.60. The summed E-state index contributed by atoms with van der Waals surface area (Å²) in [5, 5.41) is 3.89. The average Bonchev–Trinajstić information content (AvgIpc) is 2.33. The van der Waals surface area contributed by atoms with E-state index in [1.54, 1.807) is 0 Å². The minimum absolute atomic E-state index is 0.481. The Bertz CT molecular complexity index is 160. The van der Waals surface area contributed by atoms with E-state index in [0.717, 1.165) is 12.8 Å². The lowest BCUT2D eigenvalue weighted by Gasteiger charge is -2.15. The van der Waals surface area contributed by atoms with Crippen molar-refractivity contribution >= 4 is 6.21 Å². The molecule has 0 aromatic heterocycles. The first-order chi connectivity index (χ1) is 4.47. The summed E-state index contributed by atoms with van der Waals surface area (Å²) < 4.78 is 0. The van der Waals surface area contributed by atoms with Crippen LogP contribution in [0.2, 0.25) is 0 Å². The highest BCUT2D eigenvalue weighted by Crippen LogP contribution is 2.21. The summed E-state index contributed by atoms with van der Waals surface area (Å²) in [5.74, 6) is 0.620. The van der Waals surface area contributed by atoms with Crippen LogP contribution in [0.5, 0.6) is 0 Å². The van der Waals surface area contributed by atoms with Crippen molar-refractivity contribution < 1.29 is 0 Å². The molecule has 2 aliphatic rings. The maximum absolute atomic E-state index is 4.08. The third-order valence-electron chi connectivity index (χ3n) is 1.92. The van der Waals surface area contributed by atoms with E-state index in [9.17, 15) is 0 Å². The average molecular weight is 121 g/mol. The topological polar surface area (TPSA) is 26.5 Å². The fraction of sp³-hybridized carbons (Fsp3) is 0.571. The summed E-state index contributed by atoms with van der Waals surface area (Å²) in [4.78, 5) is 0. The fourth-order valence-electron chi connectivity index (χ4n) is 1.32. The van der Waals surface area contributed by atoms with Gasteiger partial charge in [-0.3, -0.25) is 0 Å². The minimum atomic E-state index is 0.481. The Morgan fingerprint density at radius 3 is 3.00 bits per heavy atom. The highest BCUT2D eigenvalue weighted by atomic mass is 15.3. The van der Waals surface area contributed by atoms with E-state index in [2.05, 4.69) is 22.7 Å². The van der Waals surface area contributed by atoms with Crippen LogP contribution >= 0.6 is 0 Å². The fourth-order valence-corrected chi connectivity index (χ4v) is 1.32. The summed E-state index contributed by atoms with van der Waals surface area (Å²) >= 11 is 0. The van der Waals surface area contributed by atoms with Crippen molar-refractivity contribution in [2.45, 2.75) is 18.9 Å². The molecular weight excluding hydrogens is 112 g/mol. The second-order valence-electron chi connectivity index (χ2n) is 2.55. The molecule has 0 saturated heterocycles. The predicted molar refractivity (Wildman–Crippen MR) is 36.3 cm³/mol. The van der Waals surface area contributed by atoms with Gasteiger partial charge in [-0.15, -0.1) is 0 Å². The summed E-state index contributed by atoms with van der Waals surface area (Å²) in [6, 6.07) is 0.481. The highest BCUT2D eigenvalue weighted by molar-refractivity contribution is 5.64. The molecule has 0 amide bonds. The van der Waals surface area contributed by atoms with Crippen LogP contribution < -0.4 is 5.43 Å². The molecule has 1 heterocycles. The SMILES string of the molecule is C1=CCC2[N]N=CC2C1. The van der Waals surface area contributed by atoms with E-state index in [4.69, 9.17) is 0 Å². The number of nitrogens with zero attached hydrogens (tertiary/aromatic N) is 2. The molecule has 1 aliphatic heterocycles. The third-order valence-corrected chi connectivity index (χ3v) is 1.92.